The summed E-state index contributed by atoms with van der Waals surface area (Å²) >= 11 is 0. The van der Waals surface area contributed by atoms with Gasteiger partial charge in [0.15, 0.2) is 0 Å². The number of nitrogens with zero attached hydrogens (tertiary/aromatic N) is 1. The van der Waals surface area contributed by atoms with Crippen LogP contribution in [0.1, 0.15) is 12.2 Å². The molecule has 0 aliphatic carbocycles. The van der Waals surface area contributed by atoms with Crippen LogP contribution >= 0.6 is 0 Å². The van der Waals surface area contributed by atoms with E-state index in [1.54, 1.807) is 18.2 Å². The van der Waals surface area contributed by atoms with Crippen molar-refractivity contribution in [3.8, 4) is 0 Å². The molecule has 0 fully saturated rings. The van der Waals surface area contributed by atoms with Gasteiger partial charge >= 0.3 is 0 Å². The van der Waals surface area contributed by atoms with Crippen LogP contribution in [0.5, 0.6) is 0 Å². The van der Waals surface area contributed by atoms with E-state index in [1.165, 1.54) is 0 Å². The molecule has 1 aromatic heterocycles. The number of fused-ring (bicyclic) bond motifs is 1. The summed E-state index contributed by atoms with van der Waals surface area (Å²) in [5, 5.41) is 10.3. The molecule has 0 radical (unpaired) electrons. The summed E-state index contributed by atoms with van der Waals surface area (Å²) in [6, 6.07) is 5.32. The van der Waals surface area contributed by atoms with Gasteiger partial charge < -0.3 is 20.6 Å². The third-order valence-corrected chi connectivity index (χ3v) is 2.12. The van der Waals surface area contributed by atoms with Gasteiger partial charge in [-0.2, -0.15) is 0 Å². The van der Waals surface area contributed by atoms with Crippen molar-refractivity contribution < 1.29 is 9.90 Å². The van der Waals surface area contributed by atoms with Crippen molar-refractivity contribution in [2.45, 2.75) is 12.8 Å². The summed E-state index contributed by atoms with van der Waals surface area (Å²) < 4.78 is 0. The Hall–Kier alpha value is -2.04. The number of nitrogens with one attached hydrogen (secondary N) is 1. The maximum absolute atomic E-state index is 10.3. The Morgan fingerprint density at radius 2 is 2.33 bits per heavy atom. The van der Waals surface area contributed by atoms with Gasteiger partial charge in [-0.25, -0.2) is 4.98 Å². The molecule has 1 aromatic carbocycles. The van der Waals surface area contributed by atoms with Crippen molar-refractivity contribution in [2.24, 2.45) is 0 Å². The highest BCUT2D eigenvalue weighted by Gasteiger charge is 2.02. The van der Waals surface area contributed by atoms with Gasteiger partial charge in [-0.05, 0) is 24.6 Å². The number of aromatic amines is 1. The number of anilines is 1. The van der Waals surface area contributed by atoms with E-state index in [0.717, 1.165) is 11.0 Å². The monoisotopic (exact) mass is 204 g/mol. The lowest BCUT2D eigenvalue weighted by atomic mass is 10.3. The molecule has 78 valence electrons. The predicted molar refractivity (Wildman–Crippen MR) is 53.8 cm³/mol. The fraction of sp³-hybridized carbons (Fsp3) is 0.200. The van der Waals surface area contributed by atoms with Crippen LogP contribution in [-0.2, 0) is 11.2 Å². The first-order chi connectivity index (χ1) is 7.15. The summed E-state index contributed by atoms with van der Waals surface area (Å²) in [6.45, 7) is 0. The van der Waals surface area contributed by atoms with E-state index in [2.05, 4.69) is 9.97 Å². The maximum atomic E-state index is 10.3. The Bertz CT molecular complexity index is 504. The number of nitrogens with two attached hydrogens (primary N) is 1. The van der Waals surface area contributed by atoms with Gasteiger partial charge in [0, 0.05) is 18.1 Å². The molecule has 0 saturated carbocycles. The molecule has 15 heavy (non-hydrogen) atoms. The minimum Gasteiger partial charge on any atom is -0.550 e. The van der Waals surface area contributed by atoms with Crippen molar-refractivity contribution in [2.75, 3.05) is 5.73 Å². The van der Waals surface area contributed by atoms with E-state index in [0.29, 0.717) is 17.9 Å². The van der Waals surface area contributed by atoms with E-state index in [1.807, 2.05) is 0 Å². The van der Waals surface area contributed by atoms with Gasteiger partial charge in [0.1, 0.15) is 5.82 Å². The highest BCUT2D eigenvalue weighted by molar-refractivity contribution is 5.78. The van der Waals surface area contributed by atoms with Gasteiger partial charge in [-0.15, -0.1) is 0 Å². The molecule has 1 heterocycles. The zero-order valence-electron chi connectivity index (χ0n) is 7.99. The highest BCUT2D eigenvalue weighted by Crippen LogP contribution is 2.15. The SMILES string of the molecule is Nc1ccc2nc(CCC(=O)[O-])[nH]c2c1. The van der Waals surface area contributed by atoms with Crippen molar-refractivity contribution in [1.82, 2.24) is 9.97 Å². The molecule has 2 rings (SSSR count). The van der Waals surface area contributed by atoms with Crippen LogP contribution in [-0.4, -0.2) is 15.9 Å². The molecule has 5 nitrogen and oxygen atoms in total. The summed E-state index contributed by atoms with van der Waals surface area (Å²) in [5.41, 5.74) is 7.87. The predicted octanol–water partition coefficient (Wildman–Crippen LogP) is -0.172. The molecule has 0 aliphatic heterocycles. The number of aryl methyl sites for hydroxylation is 1. The average molecular weight is 204 g/mol. The second-order valence-electron chi connectivity index (χ2n) is 3.33. The van der Waals surface area contributed by atoms with Crippen molar-refractivity contribution >= 4 is 22.7 Å². The lowest BCUT2D eigenvalue weighted by Crippen LogP contribution is -2.22. The molecule has 5 heteroatoms. The average Bonchev–Trinajstić information content (AvgIpc) is 2.56. The number of aromatic nitrogens is 2. The third-order valence-electron chi connectivity index (χ3n) is 2.12. The number of carbonyl (C=O) groups is 1. The number of hydrogen-bond donors (Lipinski definition) is 2. The number of hydrogen-bond acceptors (Lipinski definition) is 4. The van der Waals surface area contributed by atoms with Crippen molar-refractivity contribution in [3.63, 3.8) is 0 Å². The minimum atomic E-state index is -1.07. The number of aliphatic carboxylic acids is 1. The standard InChI is InChI=1S/C10H11N3O2/c11-6-1-2-7-8(5-6)13-9(12-7)3-4-10(14)15/h1-2,5H,3-4,11H2,(H,12,13)(H,14,15)/p-1. The Morgan fingerprint density at radius 1 is 1.53 bits per heavy atom. The zero-order chi connectivity index (χ0) is 10.8. The molecule has 2 aromatic rings. The van der Waals surface area contributed by atoms with E-state index in [-0.39, 0.29) is 6.42 Å². The lowest BCUT2D eigenvalue weighted by Gasteiger charge is -1.97. The first-order valence-corrected chi connectivity index (χ1v) is 4.59. The van der Waals surface area contributed by atoms with Crippen LogP contribution in [0, 0.1) is 0 Å². The number of carboxylic acid groups (broad SMARTS) is 1. The number of H-pyrrole nitrogens is 1. The topological polar surface area (TPSA) is 94.8 Å². The zero-order valence-corrected chi connectivity index (χ0v) is 7.99. The van der Waals surface area contributed by atoms with Crippen LogP contribution in [0.25, 0.3) is 11.0 Å². The van der Waals surface area contributed by atoms with Gasteiger partial charge in [-0.3, -0.25) is 0 Å². The van der Waals surface area contributed by atoms with Gasteiger partial charge in [-0.1, -0.05) is 0 Å². The molecular formula is C10H10N3O2-. The summed E-state index contributed by atoms with van der Waals surface area (Å²) in [4.78, 5) is 17.5. The molecule has 0 aliphatic rings. The highest BCUT2D eigenvalue weighted by atomic mass is 16.4. The Kier molecular flexibility index (Phi) is 2.29. The quantitative estimate of drug-likeness (QED) is 0.678. The summed E-state index contributed by atoms with van der Waals surface area (Å²) in [7, 11) is 0. The number of carboxylic acids is 1. The number of nitrogen functional groups attached to an aromatic ring is 1. The van der Waals surface area contributed by atoms with Crippen LogP contribution in [0.2, 0.25) is 0 Å². The third kappa shape index (κ3) is 2.07. The first-order valence-electron chi connectivity index (χ1n) is 4.59. The molecule has 0 atom stereocenters. The van der Waals surface area contributed by atoms with Crippen molar-refractivity contribution in [3.05, 3.63) is 24.0 Å². The van der Waals surface area contributed by atoms with E-state index >= 15 is 0 Å². The fourth-order valence-electron chi connectivity index (χ4n) is 1.42. The number of carbonyl (C=O) groups excluding carboxylic acids is 1. The van der Waals surface area contributed by atoms with E-state index in [9.17, 15) is 9.90 Å². The Labute approximate surface area is 85.9 Å². The van der Waals surface area contributed by atoms with Crippen LogP contribution in [0.15, 0.2) is 18.2 Å². The molecule has 0 bridgehead atoms. The second-order valence-corrected chi connectivity index (χ2v) is 3.33. The van der Waals surface area contributed by atoms with Crippen molar-refractivity contribution in [1.29, 1.82) is 0 Å². The molecule has 3 N–H and O–H groups in total. The smallest absolute Gasteiger partial charge is 0.107 e. The molecular weight excluding hydrogens is 194 g/mol. The number of benzene rings is 1. The van der Waals surface area contributed by atoms with Gasteiger partial charge in [0.25, 0.3) is 0 Å². The normalized spacial score (nSPS) is 10.7. The van der Waals surface area contributed by atoms with Crippen LogP contribution in [0.3, 0.4) is 0 Å². The minimum absolute atomic E-state index is 0.0324. The van der Waals surface area contributed by atoms with E-state index < -0.39 is 5.97 Å². The summed E-state index contributed by atoms with van der Waals surface area (Å²) in [6.07, 6.45) is 0.312. The number of imidazole rings is 1. The first kappa shape index (κ1) is 9.51. The Morgan fingerprint density at radius 3 is 3.07 bits per heavy atom. The van der Waals surface area contributed by atoms with Crippen LogP contribution in [0.4, 0.5) is 5.69 Å². The van der Waals surface area contributed by atoms with Gasteiger partial charge in [0.05, 0.1) is 11.0 Å². The second kappa shape index (κ2) is 3.61. The largest absolute Gasteiger partial charge is 0.550 e. The number of rotatable bonds is 3. The van der Waals surface area contributed by atoms with Gasteiger partial charge in [0.2, 0.25) is 0 Å². The molecule has 0 unspecified atom stereocenters. The van der Waals surface area contributed by atoms with Crippen LogP contribution < -0.4 is 10.8 Å². The fourth-order valence-corrected chi connectivity index (χ4v) is 1.42. The molecule has 0 amide bonds. The lowest BCUT2D eigenvalue weighted by molar-refractivity contribution is -0.305. The maximum Gasteiger partial charge on any atom is 0.107 e. The summed E-state index contributed by atoms with van der Waals surface area (Å²) in [5.74, 6) is -0.435. The van der Waals surface area contributed by atoms with E-state index in [4.69, 9.17) is 5.73 Å². The molecule has 0 saturated heterocycles. The molecule has 0 spiro atoms. The Balaban J connectivity index is 2.27.